The van der Waals surface area contributed by atoms with Gasteiger partial charge in [-0.3, -0.25) is 24.4 Å². The number of nitrogens with one attached hydrogen (secondary N) is 4. The van der Waals surface area contributed by atoms with Gasteiger partial charge in [0.1, 0.15) is 18.1 Å². The number of hydrogen-bond acceptors (Lipinski definition) is 8. The van der Waals surface area contributed by atoms with E-state index in [9.17, 15) is 24.3 Å². The monoisotopic (exact) mass is 524 g/mol. The van der Waals surface area contributed by atoms with Crippen LogP contribution in [0, 0.1) is 0 Å². The molecule has 0 fully saturated rings. The van der Waals surface area contributed by atoms with Gasteiger partial charge in [0.05, 0.1) is 12.9 Å². The van der Waals surface area contributed by atoms with Crippen LogP contribution in [0.25, 0.3) is 0 Å². The molecular formula is C20H36N12O5. The largest absolute Gasteiger partial charge is 0.480 e. The zero-order valence-electron chi connectivity index (χ0n) is 20.4. The Morgan fingerprint density at radius 1 is 0.892 bits per heavy atom. The molecule has 1 heterocycles. The van der Waals surface area contributed by atoms with Crippen molar-refractivity contribution in [3.63, 3.8) is 0 Å². The molecule has 0 saturated carbocycles. The number of imidazole rings is 1. The van der Waals surface area contributed by atoms with E-state index in [0.29, 0.717) is 12.1 Å². The third-order valence-corrected chi connectivity index (χ3v) is 4.95. The predicted molar refractivity (Wildman–Crippen MR) is 135 cm³/mol. The van der Waals surface area contributed by atoms with Crippen LogP contribution in [-0.4, -0.2) is 88.4 Å². The van der Waals surface area contributed by atoms with Gasteiger partial charge in [0.2, 0.25) is 17.7 Å². The Kier molecular flexibility index (Phi) is 13.5. The Morgan fingerprint density at radius 2 is 1.43 bits per heavy atom. The number of carbonyl (C=O) groups is 4. The van der Waals surface area contributed by atoms with Crippen LogP contribution in [0.1, 0.15) is 31.4 Å². The second kappa shape index (κ2) is 16.3. The zero-order chi connectivity index (χ0) is 27.8. The summed E-state index contributed by atoms with van der Waals surface area (Å²) in [5.74, 6) is -3.52. The highest BCUT2D eigenvalue weighted by molar-refractivity contribution is 5.93. The molecule has 3 unspecified atom stereocenters. The molecule has 17 heteroatoms. The quantitative estimate of drug-likeness (QED) is 0.0526. The number of carboxylic acid groups (broad SMARTS) is 1. The summed E-state index contributed by atoms with van der Waals surface area (Å²) >= 11 is 0. The summed E-state index contributed by atoms with van der Waals surface area (Å²) in [6.45, 7) is 0.0390. The maximum atomic E-state index is 13.1. The lowest BCUT2D eigenvalue weighted by atomic mass is 10.1. The van der Waals surface area contributed by atoms with E-state index in [1.54, 1.807) is 0 Å². The van der Waals surface area contributed by atoms with E-state index in [-0.39, 0.29) is 57.2 Å². The molecule has 15 N–H and O–H groups in total. The summed E-state index contributed by atoms with van der Waals surface area (Å²) in [5.41, 5.74) is 27.0. The molecule has 0 aromatic carbocycles. The lowest BCUT2D eigenvalue weighted by Crippen LogP contribution is -2.56. The predicted octanol–water partition coefficient (Wildman–Crippen LogP) is -4.44. The molecule has 0 aliphatic carbocycles. The molecule has 3 amide bonds. The van der Waals surface area contributed by atoms with Gasteiger partial charge in [-0.05, 0) is 25.7 Å². The van der Waals surface area contributed by atoms with E-state index in [1.165, 1.54) is 12.5 Å². The highest BCUT2D eigenvalue weighted by Gasteiger charge is 2.29. The van der Waals surface area contributed by atoms with Gasteiger partial charge < -0.3 is 54.7 Å². The molecular weight excluding hydrogens is 488 g/mol. The molecule has 206 valence electrons. The van der Waals surface area contributed by atoms with E-state index >= 15 is 0 Å². The van der Waals surface area contributed by atoms with Crippen molar-refractivity contribution in [1.29, 1.82) is 0 Å². The maximum Gasteiger partial charge on any atom is 0.326 e. The smallest absolute Gasteiger partial charge is 0.326 e. The van der Waals surface area contributed by atoms with Crippen LogP contribution in [0.5, 0.6) is 0 Å². The van der Waals surface area contributed by atoms with Gasteiger partial charge in [-0.25, -0.2) is 9.78 Å². The van der Waals surface area contributed by atoms with Crippen LogP contribution in [0.4, 0.5) is 0 Å². The Hall–Kier alpha value is -4.41. The molecule has 0 bridgehead atoms. The average molecular weight is 525 g/mol. The van der Waals surface area contributed by atoms with Crippen molar-refractivity contribution in [2.75, 3.05) is 19.6 Å². The second-order valence-corrected chi connectivity index (χ2v) is 7.96. The van der Waals surface area contributed by atoms with Crippen molar-refractivity contribution < 1.29 is 24.3 Å². The fourth-order valence-corrected chi connectivity index (χ4v) is 3.16. The third-order valence-electron chi connectivity index (χ3n) is 4.95. The van der Waals surface area contributed by atoms with Crippen molar-refractivity contribution in [2.24, 2.45) is 38.7 Å². The molecule has 1 rings (SSSR count). The van der Waals surface area contributed by atoms with Gasteiger partial charge in [-0.2, -0.15) is 0 Å². The van der Waals surface area contributed by atoms with E-state index in [0.717, 1.165) is 0 Å². The number of carboxylic acids is 1. The number of rotatable bonds is 17. The number of nitrogens with zero attached hydrogens (tertiary/aromatic N) is 3. The molecule has 17 nitrogen and oxygen atoms in total. The van der Waals surface area contributed by atoms with Gasteiger partial charge in [0.25, 0.3) is 0 Å². The van der Waals surface area contributed by atoms with Gasteiger partial charge in [0.15, 0.2) is 11.9 Å². The van der Waals surface area contributed by atoms with Crippen LogP contribution in [0.3, 0.4) is 0 Å². The van der Waals surface area contributed by atoms with Gasteiger partial charge >= 0.3 is 5.97 Å². The minimum atomic E-state index is -1.27. The minimum absolute atomic E-state index is 0.0243. The topological polar surface area (TPSA) is 308 Å². The highest BCUT2D eigenvalue weighted by atomic mass is 16.4. The number of nitrogens with two attached hydrogens (primary N) is 5. The summed E-state index contributed by atoms with van der Waals surface area (Å²) in [4.78, 5) is 64.0. The number of aliphatic carboxylic acids is 1. The molecule has 0 saturated heterocycles. The molecule has 0 aliphatic heterocycles. The molecule has 0 radical (unpaired) electrons. The molecule has 3 atom stereocenters. The Labute approximate surface area is 213 Å². The first kappa shape index (κ1) is 30.6. The van der Waals surface area contributed by atoms with Crippen molar-refractivity contribution in [2.45, 2.75) is 50.2 Å². The van der Waals surface area contributed by atoms with E-state index in [4.69, 9.17) is 28.7 Å². The molecule has 1 aromatic heterocycles. The lowest BCUT2D eigenvalue weighted by Gasteiger charge is -2.24. The van der Waals surface area contributed by atoms with Gasteiger partial charge in [-0.15, -0.1) is 0 Å². The number of guanidine groups is 2. The molecule has 37 heavy (non-hydrogen) atoms. The summed E-state index contributed by atoms with van der Waals surface area (Å²) in [6, 6.07) is -3.49. The molecule has 0 aliphatic rings. The SMILES string of the molecule is NCC(=O)NC(CCCN=C(N)N)C(=O)NC(Cc1cnc[nH]1)C(=O)NC(CCCN=C(N)N)C(=O)O. The first-order chi connectivity index (χ1) is 17.5. The van der Waals surface area contributed by atoms with Gasteiger partial charge in [0, 0.05) is 31.4 Å². The fraction of sp³-hybridized carbons (Fsp3) is 0.550. The van der Waals surface area contributed by atoms with Crippen molar-refractivity contribution in [1.82, 2.24) is 25.9 Å². The molecule has 0 spiro atoms. The standard InChI is InChI=1S/C20H36N12O5/c21-8-15(33)30-12(3-1-5-27-19(22)23)16(34)32-14(7-11-9-26-10-29-11)17(35)31-13(18(36)37)4-2-6-28-20(24)25/h9-10,12-14H,1-8,21H2,(H,26,29)(H,30,33)(H,31,35)(H,32,34)(H,36,37)(H4,22,23,27)(H4,24,25,28). The zero-order valence-corrected chi connectivity index (χ0v) is 20.4. The number of aliphatic imine (C=N–C) groups is 2. The van der Waals surface area contributed by atoms with Crippen LogP contribution in [0.15, 0.2) is 22.5 Å². The minimum Gasteiger partial charge on any atom is -0.480 e. The number of H-pyrrole nitrogens is 1. The summed E-state index contributed by atoms with van der Waals surface area (Å²) < 4.78 is 0. The summed E-state index contributed by atoms with van der Waals surface area (Å²) in [6.07, 6.45) is 3.65. The normalized spacial score (nSPS) is 12.9. The molecule has 1 aromatic rings. The Morgan fingerprint density at radius 3 is 1.92 bits per heavy atom. The van der Waals surface area contributed by atoms with Crippen LogP contribution >= 0.6 is 0 Å². The maximum absolute atomic E-state index is 13.1. The Bertz CT molecular complexity index is 942. The van der Waals surface area contributed by atoms with E-state index in [2.05, 4.69) is 35.9 Å². The van der Waals surface area contributed by atoms with Crippen LogP contribution in [-0.2, 0) is 25.6 Å². The van der Waals surface area contributed by atoms with Crippen molar-refractivity contribution in [3.8, 4) is 0 Å². The van der Waals surface area contributed by atoms with Gasteiger partial charge in [-0.1, -0.05) is 0 Å². The van der Waals surface area contributed by atoms with E-state index < -0.39 is 41.8 Å². The van der Waals surface area contributed by atoms with Crippen LogP contribution < -0.4 is 44.6 Å². The van der Waals surface area contributed by atoms with Crippen LogP contribution in [0.2, 0.25) is 0 Å². The lowest BCUT2D eigenvalue weighted by molar-refractivity contribution is -0.142. The fourth-order valence-electron chi connectivity index (χ4n) is 3.16. The number of carbonyl (C=O) groups excluding carboxylic acids is 3. The van der Waals surface area contributed by atoms with Crippen molar-refractivity contribution >= 4 is 35.6 Å². The summed E-state index contributed by atoms with van der Waals surface area (Å²) in [5, 5.41) is 17.0. The second-order valence-electron chi connectivity index (χ2n) is 7.96. The average Bonchev–Trinajstić information content (AvgIpc) is 3.34. The van der Waals surface area contributed by atoms with E-state index in [1.807, 2.05) is 0 Å². The first-order valence-corrected chi connectivity index (χ1v) is 11.4. The van der Waals surface area contributed by atoms with Crippen molar-refractivity contribution in [3.05, 3.63) is 18.2 Å². The first-order valence-electron chi connectivity index (χ1n) is 11.4. The number of aromatic amines is 1. The number of hydrogen-bond donors (Lipinski definition) is 10. The number of amides is 3. The summed E-state index contributed by atoms with van der Waals surface area (Å²) in [7, 11) is 0. The third kappa shape index (κ3) is 12.7. The number of aromatic nitrogens is 2. The Balaban J connectivity index is 2.98. The highest BCUT2D eigenvalue weighted by Crippen LogP contribution is 2.05.